The maximum Gasteiger partial charge on any atom is 0.250 e. The topological polar surface area (TPSA) is 38.8 Å². The van der Waals surface area contributed by atoms with Crippen molar-refractivity contribution in [1.82, 2.24) is 0 Å². The largest absolute Gasteiger partial charge is 0.454 e. The van der Waals surface area contributed by atoms with Crippen LogP contribution in [0.25, 0.3) is 6.08 Å². The van der Waals surface area contributed by atoms with Gasteiger partial charge in [0.1, 0.15) is 0 Å². The van der Waals surface area contributed by atoms with Gasteiger partial charge in [-0.1, -0.05) is 42.5 Å². The molecule has 0 unspecified atom stereocenters. The van der Waals surface area contributed by atoms with Crippen LogP contribution >= 0.6 is 0 Å². The van der Waals surface area contributed by atoms with E-state index in [1.54, 1.807) is 17.1 Å². The van der Waals surface area contributed by atoms with Crippen LogP contribution in [0.5, 0.6) is 11.5 Å². The second-order valence-electron chi connectivity index (χ2n) is 5.25. The minimum Gasteiger partial charge on any atom is -0.454 e. The van der Waals surface area contributed by atoms with Gasteiger partial charge in [0, 0.05) is 18.3 Å². The number of para-hydroxylation sites is 1. The average Bonchev–Trinajstić information content (AvgIpc) is 3.08. The maximum atomic E-state index is 12.3. The average molecular weight is 321 g/mol. The summed E-state index contributed by atoms with van der Waals surface area (Å²) >= 11 is 0. The molecule has 1 aliphatic rings. The predicted molar refractivity (Wildman–Crippen MR) is 95.2 cm³/mol. The molecule has 0 N–H and O–H groups in total. The van der Waals surface area contributed by atoms with Gasteiger partial charge < -0.3 is 14.4 Å². The van der Waals surface area contributed by atoms with Crippen LogP contribution in [0.1, 0.15) is 12.5 Å². The molecule has 1 aliphatic heterocycles. The minimum atomic E-state index is -0.0426. The molecule has 0 saturated heterocycles. The first-order valence-electron chi connectivity index (χ1n) is 7.89. The van der Waals surface area contributed by atoms with Gasteiger partial charge in [0.15, 0.2) is 11.5 Å². The van der Waals surface area contributed by atoms with E-state index < -0.39 is 0 Å². The summed E-state index contributed by atoms with van der Waals surface area (Å²) in [5, 5.41) is 0. The lowest BCUT2D eigenvalue weighted by Crippen LogP contribution is -2.28. The molecule has 0 atom stereocenters. The van der Waals surface area contributed by atoms with E-state index in [1.807, 2.05) is 67.6 Å². The Balaban J connectivity index is 1.63. The highest BCUT2D eigenvalue weighted by Gasteiger charge is 2.12. The van der Waals surface area contributed by atoms with Gasteiger partial charge >= 0.3 is 0 Å². The number of allylic oxidation sites excluding steroid dienone is 2. The summed E-state index contributed by atoms with van der Waals surface area (Å²) in [7, 11) is 0. The fourth-order valence-electron chi connectivity index (χ4n) is 2.48. The summed E-state index contributed by atoms with van der Waals surface area (Å²) in [6.45, 7) is 2.85. The van der Waals surface area contributed by atoms with Gasteiger partial charge in [-0.2, -0.15) is 0 Å². The van der Waals surface area contributed by atoms with Crippen LogP contribution in [-0.2, 0) is 4.79 Å². The van der Waals surface area contributed by atoms with Crippen molar-refractivity contribution in [3.05, 3.63) is 72.3 Å². The number of likely N-dealkylation sites (N-methyl/N-ethyl adjacent to an activating group) is 1. The molecule has 0 bridgehead atoms. The second-order valence-corrected chi connectivity index (χ2v) is 5.25. The molecule has 1 heterocycles. The molecule has 0 fully saturated rings. The molecule has 4 nitrogen and oxygen atoms in total. The third kappa shape index (κ3) is 3.66. The molecule has 2 aromatic rings. The number of benzene rings is 2. The Labute approximate surface area is 141 Å². The highest BCUT2D eigenvalue weighted by atomic mass is 16.7. The lowest BCUT2D eigenvalue weighted by atomic mass is 10.2. The third-order valence-corrected chi connectivity index (χ3v) is 3.69. The van der Waals surface area contributed by atoms with E-state index in [2.05, 4.69) is 0 Å². The number of hydrogen-bond acceptors (Lipinski definition) is 3. The first kappa shape index (κ1) is 15.9. The Kier molecular flexibility index (Phi) is 4.96. The molecule has 3 rings (SSSR count). The van der Waals surface area contributed by atoms with E-state index in [4.69, 9.17) is 9.47 Å². The zero-order valence-corrected chi connectivity index (χ0v) is 13.5. The first-order chi connectivity index (χ1) is 11.8. The van der Waals surface area contributed by atoms with Crippen LogP contribution in [0.4, 0.5) is 5.69 Å². The second kappa shape index (κ2) is 7.51. The Bertz CT molecular complexity index is 766. The molecule has 0 radical (unpaired) electrons. The molecule has 4 heteroatoms. The summed E-state index contributed by atoms with van der Waals surface area (Å²) in [6.07, 6.45) is 7.08. The van der Waals surface area contributed by atoms with E-state index >= 15 is 0 Å². The van der Waals surface area contributed by atoms with E-state index in [0.717, 1.165) is 22.7 Å². The number of nitrogens with zero attached hydrogens (tertiary/aromatic N) is 1. The van der Waals surface area contributed by atoms with Gasteiger partial charge in [-0.05, 0) is 36.8 Å². The number of carbonyl (C=O) groups excluding carboxylic acids is 1. The normalized spacial score (nSPS) is 12.9. The lowest BCUT2D eigenvalue weighted by Gasteiger charge is -2.18. The lowest BCUT2D eigenvalue weighted by molar-refractivity contribution is -0.114. The van der Waals surface area contributed by atoms with Gasteiger partial charge in [-0.15, -0.1) is 0 Å². The van der Waals surface area contributed by atoms with Crippen molar-refractivity contribution in [2.24, 2.45) is 0 Å². The molecule has 0 aliphatic carbocycles. The molecule has 1 amide bonds. The van der Waals surface area contributed by atoms with Crippen molar-refractivity contribution < 1.29 is 14.3 Å². The summed E-state index contributed by atoms with van der Waals surface area (Å²) in [5.74, 6) is 1.47. The highest BCUT2D eigenvalue weighted by molar-refractivity contribution is 6.01. The van der Waals surface area contributed by atoms with Gasteiger partial charge in [0.25, 0.3) is 5.91 Å². The summed E-state index contributed by atoms with van der Waals surface area (Å²) < 4.78 is 10.6. The van der Waals surface area contributed by atoms with Crippen molar-refractivity contribution in [1.29, 1.82) is 0 Å². The Morgan fingerprint density at radius 2 is 1.88 bits per heavy atom. The fraction of sp³-hybridized carbons (Fsp3) is 0.150. The van der Waals surface area contributed by atoms with Gasteiger partial charge in [-0.3, -0.25) is 4.79 Å². The fourth-order valence-corrected chi connectivity index (χ4v) is 2.48. The number of carbonyl (C=O) groups is 1. The molecule has 0 aromatic heterocycles. The number of fused-ring (bicyclic) bond motifs is 1. The Morgan fingerprint density at radius 1 is 1.08 bits per heavy atom. The van der Waals surface area contributed by atoms with Crippen LogP contribution in [0, 0.1) is 0 Å². The van der Waals surface area contributed by atoms with Crippen LogP contribution in [0.2, 0.25) is 0 Å². The predicted octanol–water partition coefficient (Wildman–Crippen LogP) is 4.04. The maximum absolute atomic E-state index is 12.3. The van der Waals surface area contributed by atoms with E-state index in [1.165, 1.54) is 0 Å². The van der Waals surface area contributed by atoms with Gasteiger partial charge in [0.05, 0.1) is 0 Å². The van der Waals surface area contributed by atoms with E-state index in [9.17, 15) is 4.79 Å². The molecular formula is C20H19NO3. The first-order valence-corrected chi connectivity index (χ1v) is 7.89. The highest BCUT2D eigenvalue weighted by Crippen LogP contribution is 2.32. The van der Waals surface area contributed by atoms with Crippen molar-refractivity contribution in [2.75, 3.05) is 18.2 Å². The van der Waals surface area contributed by atoms with Crippen molar-refractivity contribution in [2.45, 2.75) is 6.92 Å². The standard InChI is InChI=1S/C20H19NO3/c1-2-21(17-9-4-3-5-10-17)20(22)11-7-6-8-16-12-13-18-19(14-16)24-15-23-18/h3-14H,2,15H2,1H3/b8-6+,11-7+. The van der Waals surface area contributed by atoms with Crippen LogP contribution < -0.4 is 14.4 Å². The van der Waals surface area contributed by atoms with Crippen molar-refractivity contribution in [3.63, 3.8) is 0 Å². The summed E-state index contributed by atoms with van der Waals surface area (Å²) in [4.78, 5) is 14.0. The van der Waals surface area contributed by atoms with E-state index in [0.29, 0.717) is 6.54 Å². The monoisotopic (exact) mass is 321 g/mol. The van der Waals surface area contributed by atoms with Crippen LogP contribution in [0.15, 0.2) is 66.8 Å². The Hall–Kier alpha value is -3.01. The van der Waals surface area contributed by atoms with Crippen LogP contribution in [0.3, 0.4) is 0 Å². The van der Waals surface area contributed by atoms with Crippen LogP contribution in [-0.4, -0.2) is 19.2 Å². The molecular weight excluding hydrogens is 302 g/mol. The van der Waals surface area contributed by atoms with Crippen molar-refractivity contribution >= 4 is 17.7 Å². The Morgan fingerprint density at radius 3 is 2.67 bits per heavy atom. The molecule has 0 spiro atoms. The number of rotatable bonds is 5. The number of amides is 1. The minimum absolute atomic E-state index is 0.0426. The molecule has 24 heavy (non-hydrogen) atoms. The number of anilines is 1. The number of hydrogen-bond donors (Lipinski definition) is 0. The van der Waals surface area contributed by atoms with Gasteiger partial charge in [0.2, 0.25) is 6.79 Å². The quantitative estimate of drug-likeness (QED) is 0.616. The van der Waals surface area contributed by atoms with E-state index in [-0.39, 0.29) is 12.7 Å². The number of ether oxygens (including phenoxy) is 2. The molecule has 2 aromatic carbocycles. The third-order valence-electron chi connectivity index (χ3n) is 3.69. The van der Waals surface area contributed by atoms with Crippen molar-refractivity contribution in [3.8, 4) is 11.5 Å². The zero-order valence-electron chi connectivity index (χ0n) is 13.5. The SMILES string of the molecule is CCN(C(=O)/C=C/C=C/c1ccc2c(c1)OCO2)c1ccccc1. The molecule has 122 valence electrons. The van der Waals surface area contributed by atoms with Gasteiger partial charge in [-0.25, -0.2) is 0 Å². The molecule has 0 saturated carbocycles. The summed E-state index contributed by atoms with van der Waals surface area (Å²) in [5.41, 5.74) is 1.89. The smallest absolute Gasteiger partial charge is 0.250 e. The summed E-state index contributed by atoms with van der Waals surface area (Å²) in [6, 6.07) is 15.4. The zero-order chi connectivity index (χ0) is 16.8.